The maximum atomic E-state index is 12.3. The molecule has 0 aliphatic carbocycles. The molecule has 43 heavy (non-hydrogen) atoms. The normalized spacial score (nSPS) is 14.3. The third-order valence-corrected chi connectivity index (χ3v) is 8.05. The second-order valence-corrected chi connectivity index (χ2v) is 10.8. The summed E-state index contributed by atoms with van der Waals surface area (Å²) in [4.78, 5) is 25.6. The van der Waals surface area contributed by atoms with Crippen molar-refractivity contribution in [1.82, 2.24) is 29.6 Å². The van der Waals surface area contributed by atoms with E-state index in [9.17, 15) is 10.1 Å². The van der Waals surface area contributed by atoms with Gasteiger partial charge < -0.3 is 28.8 Å². The van der Waals surface area contributed by atoms with Crippen LogP contribution in [0.25, 0.3) is 33.6 Å². The Morgan fingerprint density at radius 2 is 1.91 bits per heavy atom. The van der Waals surface area contributed by atoms with Gasteiger partial charge in [-0.1, -0.05) is 18.2 Å². The number of hydrogen-bond acceptors (Lipinski definition) is 11. The number of nitro groups is 1. The Kier molecular flexibility index (Phi) is 7.40. The fourth-order valence-corrected chi connectivity index (χ4v) is 5.69. The zero-order valence-electron chi connectivity index (χ0n) is 24.7. The van der Waals surface area contributed by atoms with Crippen LogP contribution >= 0.6 is 0 Å². The summed E-state index contributed by atoms with van der Waals surface area (Å²) in [5, 5.41) is 24.6. The van der Waals surface area contributed by atoms with Gasteiger partial charge in [-0.05, 0) is 39.0 Å². The highest BCUT2D eigenvalue weighted by molar-refractivity contribution is 5.98. The van der Waals surface area contributed by atoms with Crippen molar-refractivity contribution in [2.45, 2.75) is 25.8 Å². The quantitative estimate of drug-likeness (QED) is 0.191. The van der Waals surface area contributed by atoms with E-state index in [1.807, 2.05) is 54.0 Å². The molecule has 4 heterocycles. The Morgan fingerprint density at radius 3 is 2.60 bits per heavy atom. The van der Waals surface area contributed by atoms with E-state index in [1.165, 1.54) is 13.2 Å². The molecule has 222 valence electrons. The highest BCUT2D eigenvalue weighted by Gasteiger charge is 2.28. The fourth-order valence-electron chi connectivity index (χ4n) is 5.69. The highest BCUT2D eigenvalue weighted by Crippen LogP contribution is 2.41. The van der Waals surface area contributed by atoms with E-state index >= 15 is 0 Å². The number of hydrogen-bond donors (Lipinski definition) is 1. The van der Waals surface area contributed by atoms with Gasteiger partial charge in [0.1, 0.15) is 11.4 Å². The van der Waals surface area contributed by atoms with Crippen LogP contribution in [0.15, 0.2) is 53.2 Å². The first-order chi connectivity index (χ1) is 20.7. The van der Waals surface area contributed by atoms with Gasteiger partial charge >= 0.3 is 0 Å². The van der Waals surface area contributed by atoms with E-state index in [-0.39, 0.29) is 22.6 Å². The van der Waals surface area contributed by atoms with Gasteiger partial charge in [0.25, 0.3) is 11.6 Å². The number of aryl methyl sites for hydroxylation is 2. The number of aromatic nitrogens is 5. The van der Waals surface area contributed by atoms with E-state index < -0.39 is 0 Å². The van der Waals surface area contributed by atoms with E-state index in [0.29, 0.717) is 40.2 Å². The molecular weight excluding hydrogens is 550 g/mol. The number of anilines is 3. The van der Waals surface area contributed by atoms with Crippen molar-refractivity contribution in [2.75, 3.05) is 44.5 Å². The van der Waals surface area contributed by atoms with E-state index in [1.54, 1.807) is 19.2 Å². The summed E-state index contributed by atoms with van der Waals surface area (Å²) >= 11 is 0. The van der Waals surface area contributed by atoms with Gasteiger partial charge in [-0.3, -0.25) is 10.1 Å². The zero-order valence-corrected chi connectivity index (χ0v) is 24.7. The number of rotatable bonds is 8. The molecule has 0 amide bonds. The molecule has 3 aromatic heterocycles. The molecule has 5 aromatic rings. The molecule has 1 aliphatic rings. The Morgan fingerprint density at radius 1 is 1.14 bits per heavy atom. The number of nitrogens with one attached hydrogen (secondary N) is 1. The van der Waals surface area contributed by atoms with Crippen LogP contribution < -0.4 is 15.0 Å². The molecule has 1 saturated heterocycles. The van der Waals surface area contributed by atoms with Crippen molar-refractivity contribution in [2.24, 2.45) is 7.05 Å². The molecular formula is C30H33N9O4. The molecule has 6 rings (SSSR count). The highest BCUT2D eigenvalue weighted by atomic mass is 16.6. The van der Waals surface area contributed by atoms with Crippen molar-refractivity contribution >= 4 is 33.9 Å². The number of benzene rings is 2. The molecule has 0 radical (unpaired) electrons. The van der Waals surface area contributed by atoms with Crippen molar-refractivity contribution < 1.29 is 14.1 Å². The maximum Gasteiger partial charge on any atom is 0.294 e. The average Bonchev–Trinajstić information content (AvgIpc) is 3.59. The summed E-state index contributed by atoms with van der Waals surface area (Å²) < 4.78 is 13.5. The monoisotopic (exact) mass is 583 g/mol. The molecule has 1 fully saturated rings. The zero-order chi connectivity index (χ0) is 30.2. The van der Waals surface area contributed by atoms with Crippen LogP contribution in [-0.4, -0.2) is 74.9 Å². The third-order valence-electron chi connectivity index (χ3n) is 8.05. The van der Waals surface area contributed by atoms with Gasteiger partial charge in [-0.15, -0.1) is 10.2 Å². The van der Waals surface area contributed by atoms with Crippen LogP contribution in [0.1, 0.15) is 18.7 Å². The average molecular weight is 584 g/mol. The molecule has 0 bridgehead atoms. The number of nitro benzene ring substituents is 1. The summed E-state index contributed by atoms with van der Waals surface area (Å²) in [6, 6.07) is 11.4. The number of nitrogens with zero attached hydrogens (tertiary/aromatic N) is 8. The molecule has 0 atom stereocenters. The van der Waals surface area contributed by atoms with E-state index in [4.69, 9.17) is 14.1 Å². The molecule has 13 heteroatoms. The Balaban J connectivity index is 1.42. The lowest BCUT2D eigenvalue weighted by Gasteiger charge is -2.36. The first-order valence-corrected chi connectivity index (χ1v) is 14.0. The van der Waals surface area contributed by atoms with Crippen molar-refractivity contribution in [3.05, 3.63) is 64.8 Å². The maximum absolute atomic E-state index is 12.3. The molecule has 0 saturated carbocycles. The Labute approximate surface area is 248 Å². The molecule has 1 N–H and O–H groups in total. The van der Waals surface area contributed by atoms with Crippen LogP contribution in [0.2, 0.25) is 0 Å². The molecule has 1 aliphatic heterocycles. The molecule has 0 unspecified atom stereocenters. The van der Waals surface area contributed by atoms with Gasteiger partial charge in [0.2, 0.25) is 11.8 Å². The lowest BCUT2D eigenvalue weighted by molar-refractivity contribution is -0.384. The minimum absolute atomic E-state index is 0.0306. The number of piperidine rings is 1. The number of likely N-dealkylation sites (tertiary alicyclic amines) is 1. The summed E-state index contributed by atoms with van der Waals surface area (Å²) in [5.74, 6) is 1.38. The van der Waals surface area contributed by atoms with Crippen molar-refractivity contribution in [3.8, 4) is 28.5 Å². The van der Waals surface area contributed by atoms with Crippen LogP contribution in [0.5, 0.6) is 5.75 Å². The number of para-hydroxylation sites is 1. The number of fused-ring (bicyclic) bond motifs is 1. The second kappa shape index (κ2) is 11.3. The molecule has 0 spiro atoms. The molecule has 2 aromatic carbocycles. The minimum atomic E-state index is -0.366. The van der Waals surface area contributed by atoms with Crippen LogP contribution in [0.4, 0.5) is 23.0 Å². The predicted octanol–water partition coefficient (Wildman–Crippen LogP) is 5.18. The van der Waals surface area contributed by atoms with Gasteiger partial charge in [0.15, 0.2) is 0 Å². The van der Waals surface area contributed by atoms with Gasteiger partial charge in [0.05, 0.1) is 29.0 Å². The smallest absolute Gasteiger partial charge is 0.294 e. The SMILES string of the molecule is COc1cc(N(C)C2CCN(C)CC2)c([N+](=O)[O-])cc1Nc1ncc(-c2nnc(C)o2)c(-c2cn(C)c3ccccc23)n1. The first kappa shape index (κ1) is 28.1. The third kappa shape index (κ3) is 5.34. The first-order valence-electron chi connectivity index (χ1n) is 14.0. The standard InChI is InChI=1S/C30H33N9O4/c1-18-34-35-29(43-18)21-16-31-30(33-28(21)22-17-37(3)24-9-7-6-8-20(22)24)32-23-14-26(39(40)41)25(15-27(23)42-5)38(4)19-10-12-36(2)13-11-19/h6-9,14-17,19H,10-13H2,1-5H3,(H,31,32,33). The van der Waals surface area contributed by atoms with E-state index in [0.717, 1.165) is 42.4 Å². The van der Waals surface area contributed by atoms with Crippen LogP contribution in [-0.2, 0) is 7.05 Å². The van der Waals surface area contributed by atoms with Crippen molar-refractivity contribution in [1.29, 1.82) is 0 Å². The minimum Gasteiger partial charge on any atom is -0.494 e. The van der Waals surface area contributed by atoms with Gasteiger partial charge in [0, 0.05) is 68.1 Å². The van der Waals surface area contributed by atoms with Crippen LogP contribution in [0, 0.1) is 17.0 Å². The molecule has 13 nitrogen and oxygen atoms in total. The summed E-state index contributed by atoms with van der Waals surface area (Å²) in [6.07, 6.45) is 5.44. The Bertz CT molecular complexity index is 1810. The summed E-state index contributed by atoms with van der Waals surface area (Å²) in [7, 11) is 7.50. The van der Waals surface area contributed by atoms with Crippen molar-refractivity contribution in [3.63, 3.8) is 0 Å². The van der Waals surface area contributed by atoms with Gasteiger partial charge in [-0.2, -0.15) is 0 Å². The largest absolute Gasteiger partial charge is 0.494 e. The second-order valence-electron chi connectivity index (χ2n) is 10.8. The lowest BCUT2D eigenvalue weighted by atomic mass is 10.0. The van der Waals surface area contributed by atoms with E-state index in [2.05, 4.69) is 32.4 Å². The summed E-state index contributed by atoms with van der Waals surface area (Å²) in [6.45, 7) is 3.60. The topological polar surface area (TPSA) is 141 Å². The predicted molar refractivity (Wildman–Crippen MR) is 164 cm³/mol. The Hall–Kier alpha value is -5.04. The summed E-state index contributed by atoms with van der Waals surface area (Å²) in [5.41, 5.74) is 3.86. The van der Waals surface area contributed by atoms with Gasteiger partial charge in [-0.25, -0.2) is 9.97 Å². The number of ether oxygens (including phenoxy) is 1. The number of methoxy groups -OCH3 is 1. The lowest BCUT2D eigenvalue weighted by Crippen LogP contribution is -2.42. The fraction of sp³-hybridized carbons (Fsp3) is 0.333. The van der Waals surface area contributed by atoms with Crippen LogP contribution in [0.3, 0.4) is 0 Å².